The molecule has 24 heavy (non-hydrogen) atoms. The fourth-order valence-electron chi connectivity index (χ4n) is 2.18. The smallest absolute Gasteiger partial charge is 0.224 e. The Morgan fingerprint density at radius 1 is 0.875 bits per heavy atom. The molecule has 0 saturated heterocycles. The van der Waals surface area contributed by atoms with Gasteiger partial charge in [0.05, 0.1) is 9.79 Å². The molecule has 8 heteroatoms. The van der Waals surface area contributed by atoms with Crippen LogP contribution in [0.4, 0.5) is 0 Å². The van der Waals surface area contributed by atoms with Crippen molar-refractivity contribution in [3.05, 3.63) is 59.1 Å². The van der Waals surface area contributed by atoms with Crippen molar-refractivity contribution in [2.24, 2.45) is 0 Å². The predicted octanol–water partition coefficient (Wildman–Crippen LogP) is 3.13. The Morgan fingerprint density at radius 3 is 1.79 bits per heavy atom. The van der Waals surface area contributed by atoms with Gasteiger partial charge in [-0.3, -0.25) is 0 Å². The van der Waals surface area contributed by atoms with E-state index in [1.54, 1.807) is 19.1 Å². The van der Waals surface area contributed by atoms with E-state index in [1.165, 1.54) is 47.8 Å². The number of rotatable bonds is 5. The highest BCUT2D eigenvalue weighted by Gasteiger charge is 2.26. The zero-order valence-corrected chi connectivity index (χ0v) is 15.9. The summed E-state index contributed by atoms with van der Waals surface area (Å²) < 4.78 is 49.6. The molecule has 0 aliphatic rings. The number of sulfonamides is 1. The second-order valence-corrected chi connectivity index (χ2v) is 9.94. The minimum atomic E-state index is -3.69. The molecule has 0 spiro atoms. The van der Waals surface area contributed by atoms with Crippen LogP contribution in [-0.2, 0) is 19.9 Å². The molecule has 2 rings (SSSR count). The Morgan fingerprint density at radius 2 is 1.33 bits per heavy atom. The van der Waals surface area contributed by atoms with Gasteiger partial charge in [-0.25, -0.2) is 16.8 Å². The van der Waals surface area contributed by atoms with Gasteiger partial charge in [0.1, 0.15) is 0 Å². The third kappa shape index (κ3) is 3.97. The first kappa shape index (κ1) is 18.9. The van der Waals surface area contributed by atoms with Gasteiger partial charge in [0.2, 0.25) is 10.0 Å². The summed E-state index contributed by atoms with van der Waals surface area (Å²) in [6.45, 7) is 1.74. The lowest BCUT2D eigenvalue weighted by atomic mass is 10.1. The van der Waals surface area contributed by atoms with E-state index in [0.717, 1.165) is 6.26 Å². The summed E-state index contributed by atoms with van der Waals surface area (Å²) >= 11 is 5.79. The number of hydrogen-bond acceptors (Lipinski definition) is 4. The Balaban J connectivity index is 2.31. The van der Waals surface area contributed by atoms with Crippen molar-refractivity contribution >= 4 is 31.5 Å². The van der Waals surface area contributed by atoms with E-state index in [-0.39, 0.29) is 9.79 Å². The molecule has 0 fully saturated rings. The van der Waals surface area contributed by atoms with Crippen LogP contribution in [0.25, 0.3) is 0 Å². The van der Waals surface area contributed by atoms with Crippen molar-refractivity contribution in [3.8, 4) is 0 Å². The zero-order chi connectivity index (χ0) is 18.1. The van der Waals surface area contributed by atoms with E-state index in [9.17, 15) is 16.8 Å². The third-order valence-corrected chi connectivity index (χ3v) is 7.15. The highest BCUT2D eigenvalue weighted by atomic mass is 35.5. The SMILES string of the molecule is CC(c1ccc(S(C)(=O)=O)cc1)N(C)S(=O)(=O)c1ccc(Cl)cc1. The van der Waals surface area contributed by atoms with E-state index >= 15 is 0 Å². The molecule has 0 heterocycles. The van der Waals surface area contributed by atoms with E-state index in [1.807, 2.05) is 0 Å². The molecule has 0 aliphatic carbocycles. The van der Waals surface area contributed by atoms with E-state index < -0.39 is 25.9 Å². The topological polar surface area (TPSA) is 71.5 Å². The molecule has 0 amide bonds. The molecule has 0 N–H and O–H groups in total. The van der Waals surface area contributed by atoms with Gasteiger partial charge < -0.3 is 0 Å². The number of nitrogens with zero attached hydrogens (tertiary/aromatic N) is 1. The normalized spacial score (nSPS) is 13.9. The Kier molecular flexibility index (Phi) is 5.39. The molecule has 0 saturated carbocycles. The number of sulfone groups is 1. The molecular formula is C16H18ClNO4S2. The van der Waals surface area contributed by atoms with Crippen LogP contribution in [0.5, 0.6) is 0 Å². The predicted molar refractivity (Wildman–Crippen MR) is 94.4 cm³/mol. The van der Waals surface area contributed by atoms with E-state index in [2.05, 4.69) is 0 Å². The molecule has 1 atom stereocenters. The van der Waals surface area contributed by atoms with Gasteiger partial charge in [0.15, 0.2) is 9.84 Å². The largest absolute Gasteiger partial charge is 0.243 e. The van der Waals surface area contributed by atoms with Gasteiger partial charge in [-0.2, -0.15) is 4.31 Å². The van der Waals surface area contributed by atoms with Crippen LogP contribution in [0.3, 0.4) is 0 Å². The fraction of sp³-hybridized carbons (Fsp3) is 0.250. The van der Waals surface area contributed by atoms with Crippen LogP contribution in [-0.4, -0.2) is 34.4 Å². The first-order valence-corrected chi connectivity index (χ1v) is 10.8. The standard InChI is InChI=1S/C16H18ClNO4S2/c1-12(13-4-8-15(9-5-13)23(3,19)20)18(2)24(21,22)16-10-6-14(17)7-11-16/h4-12H,1-3H3. The average molecular weight is 388 g/mol. The Hall–Kier alpha value is -1.41. The maximum atomic E-state index is 12.7. The summed E-state index contributed by atoms with van der Waals surface area (Å²) in [4.78, 5) is 0.343. The number of hydrogen-bond donors (Lipinski definition) is 0. The van der Waals surface area contributed by atoms with Gasteiger partial charge in [-0.1, -0.05) is 23.7 Å². The lowest BCUT2D eigenvalue weighted by Crippen LogP contribution is -2.29. The second kappa shape index (κ2) is 6.84. The molecule has 0 aliphatic heterocycles. The number of halogens is 1. The first-order chi connectivity index (χ1) is 11.0. The van der Waals surface area contributed by atoms with Crippen LogP contribution in [0, 0.1) is 0 Å². The summed E-state index contributed by atoms with van der Waals surface area (Å²) in [5, 5.41) is 0.459. The zero-order valence-electron chi connectivity index (χ0n) is 13.5. The summed E-state index contributed by atoms with van der Waals surface area (Å²) in [7, 11) is -5.49. The van der Waals surface area contributed by atoms with Crippen LogP contribution < -0.4 is 0 Å². The van der Waals surface area contributed by atoms with Crippen molar-refractivity contribution in [2.45, 2.75) is 22.8 Å². The van der Waals surface area contributed by atoms with Gasteiger partial charge in [0, 0.05) is 24.4 Å². The second-order valence-electron chi connectivity index (χ2n) is 5.49. The molecule has 0 radical (unpaired) electrons. The van der Waals surface area contributed by atoms with Gasteiger partial charge >= 0.3 is 0 Å². The molecule has 2 aromatic rings. The quantitative estimate of drug-likeness (QED) is 0.790. The van der Waals surface area contributed by atoms with Gasteiger partial charge in [-0.15, -0.1) is 0 Å². The molecule has 130 valence electrons. The molecule has 5 nitrogen and oxygen atoms in total. The molecular weight excluding hydrogens is 370 g/mol. The third-order valence-electron chi connectivity index (χ3n) is 3.83. The first-order valence-electron chi connectivity index (χ1n) is 7.07. The van der Waals surface area contributed by atoms with Gasteiger partial charge in [-0.05, 0) is 48.9 Å². The van der Waals surface area contributed by atoms with Crippen LogP contribution >= 0.6 is 11.6 Å². The maximum Gasteiger partial charge on any atom is 0.243 e. The Bertz CT molecular complexity index is 921. The van der Waals surface area contributed by atoms with Gasteiger partial charge in [0.25, 0.3) is 0 Å². The minimum absolute atomic E-state index is 0.147. The van der Waals surface area contributed by atoms with E-state index in [4.69, 9.17) is 11.6 Å². The van der Waals surface area contributed by atoms with Crippen molar-refractivity contribution in [1.82, 2.24) is 4.31 Å². The number of benzene rings is 2. The van der Waals surface area contributed by atoms with Crippen molar-refractivity contribution in [3.63, 3.8) is 0 Å². The minimum Gasteiger partial charge on any atom is -0.224 e. The lowest BCUT2D eigenvalue weighted by Gasteiger charge is -2.25. The average Bonchev–Trinajstić information content (AvgIpc) is 2.53. The fourth-order valence-corrected chi connectivity index (χ4v) is 4.29. The maximum absolute atomic E-state index is 12.7. The summed E-state index contributed by atoms with van der Waals surface area (Å²) in [5.74, 6) is 0. The Labute approximate surface area is 147 Å². The van der Waals surface area contributed by atoms with Crippen molar-refractivity contribution in [2.75, 3.05) is 13.3 Å². The van der Waals surface area contributed by atoms with Crippen molar-refractivity contribution in [1.29, 1.82) is 0 Å². The van der Waals surface area contributed by atoms with Crippen LogP contribution in [0.15, 0.2) is 58.3 Å². The summed E-state index contributed by atoms with van der Waals surface area (Å²) in [6.07, 6.45) is 1.13. The lowest BCUT2D eigenvalue weighted by molar-refractivity contribution is 0.398. The molecule has 0 bridgehead atoms. The summed E-state index contributed by atoms with van der Waals surface area (Å²) in [6, 6.07) is 11.7. The molecule has 2 aromatic carbocycles. The molecule has 0 aromatic heterocycles. The van der Waals surface area contributed by atoms with Crippen LogP contribution in [0.2, 0.25) is 5.02 Å². The highest BCUT2D eigenvalue weighted by Crippen LogP contribution is 2.27. The van der Waals surface area contributed by atoms with E-state index in [0.29, 0.717) is 10.6 Å². The highest BCUT2D eigenvalue weighted by molar-refractivity contribution is 7.90. The molecule has 1 unspecified atom stereocenters. The summed E-state index contributed by atoms with van der Waals surface area (Å²) in [5.41, 5.74) is 0.697. The van der Waals surface area contributed by atoms with Crippen molar-refractivity contribution < 1.29 is 16.8 Å². The van der Waals surface area contributed by atoms with Crippen LogP contribution in [0.1, 0.15) is 18.5 Å². The monoisotopic (exact) mass is 387 g/mol.